The van der Waals surface area contributed by atoms with Gasteiger partial charge in [0.1, 0.15) is 11.5 Å². The molecule has 0 saturated carbocycles. The van der Waals surface area contributed by atoms with Crippen molar-refractivity contribution in [2.75, 3.05) is 6.54 Å². The van der Waals surface area contributed by atoms with Crippen LogP contribution in [0, 0.1) is 15.9 Å². The van der Waals surface area contributed by atoms with Gasteiger partial charge in [-0.25, -0.2) is 4.39 Å². The highest BCUT2D eigenvalue weighted by Gasteiger charge is 2.22. The lowest BCUT2D eigenvalue weighted by atomic mass is 10.2. The van der Waals surface area contributed by atoms with Crippen molar-refractivity contribution in [2.24, 2.45) is 0 Å². The van der Waals surface area contributed by atoms with Gasteiger partial charge >= 0.3 is 0 Å². The van der Waals surface area contributed by atoms with Gasteiger partial charge < -0.3 is 14.8 Å². The van der Waals surface area contributed by atoms with E-state index in [0.29, 0.717) is 24.5 Å². The van der Waals surface area contributed by atoms with Gasteiger partial charge in [-0.2, -0.15) is 0 Å². The number of carbonyl (C=O) groups is 1. The van der Waals surface area contributed by atoms with Gasteiger partial charge in [-0.05, 0) is 49.6 Å². The van der Waals surface area contributed by atoms with E-state index in [1.54, 1.807) is 24.3 Å². The summed E-state index contributed by atoms with van der Waals surface area (Å²) in [6, 6.07) is 9.56. The second-order valence-corrected chi connectivity index (χ2v) is 5.84. The number of ether oxygens (including phenoxy) is 2. The highest BCUT2D eigenvalue weighted by Crippen LogP contribution is 2.29. The maximum atomic E-state index is 13.9. The van der Waals surface area contributed by atoms with Gasteiger partial charge in [0, 0.05) is 12.6 Å². The highest BCUT2D eigenvalue weighted by atomic mass is 19.1. The number of nitrogens with zero attached hydrogens (tertiary/aromatic N) is 1. The molecule has 2 aromatic rings. The Kier molecular flexibility index (Phi) is 5.31. The van der Waals surface area contributed by atoms with E-state index in [2.05, 4.69) is 5.32 Å². The molecule has 1 aliphatic rings. The van der Waals surface area contributed by atoms with Crippen molar-refractivity contribution in [1.29, 1.82) is 0 Å². The molecule has 1 amide bonds. The molecule has 0 radical (unpaired) electrons. The number of benzene rings is 2. The van der Waals surface area contributed by atoms with Gasteiger partial charge in [-0.3, -0.25) is 14.9 Å². The number of amides is 1. The Labute approximate surface area is 148 Å². The van der Waals surface area contributed by atoms with Crippen molar-refractivity contribution in [3.63, 3.8) is 0 Å². The fraction of sp³-hybridized carbons (Fsp3) is 0.278. The third kappa shape index (κ3) is 4.27. The van der Waals surface area contributed by atoms with Crippen molar-refractivity contribution in [2.45, 2.75) is 25.4 Å². The highest BCUT2D eigenvalue weighted by molar-refractivity contribution is 5.81. The number of hydrogen-bond acceptors (Lipinski definition) is 5. The number of rotatable bonds is 5. The topological polar surface area (TPSA) is 90.7 Å². The minimum atomic E-state index is -0.824. The minimum Gasteiger partial charge on any atom is -0.481 e. The van der Waals surface area contributed by atoms with Crippen LogP contribution >= 0.6 is 0 Å². The first-order chi connectivity index (χ1) is 12.5. The van der Waals surface area contributed by atoms with Crippen LogP contribution in [0.5, 0.6) is 17.2 Å². The summed E-state index contributed by atoms with van der Waals surface area (Å²) in [4.78, 5) is 21.8. The normalized spacial score (nSPS) is 17.1. The van der Waals surface area contributed by atoms with E-state index in [1.807, 2.05) is 0 Å². The van der Waals surface area contributed by atoms with Crippen molar-refractivity contribution in [3.05, 3.63) is 58.4 Å². The fourth-order valence-electron chi connectivity index (χ4n) is 2.59. The molecule has 8 heteroatoms. The zero-order valence-electron chi connectivity index (χ0n) is 13.8. The van der Waals surface area contributed by atoms with Gasteiger partial charge in [-0.1, -0.05) is 0 Å². The molecule has 2 aromatic carbocycles. The van der Waals surface area contributed by atoms with Crippen molar-refractivity contribution >= 4 is 11.6 Å². The predicted molar refractivity (Wildman–Crippen MR) is 90.8 cm³/mol. The number of nitro benzene ring substituents is 1. The van der Waals surface area contributed by atoms with Crippen molar-refractivity contribution < 1.29 is 23.6 Å². The second kappa shape index (κ2) is 7.81. The molecule has 1 heterocycles. The van der Waals surface area contributed by atoms with Crippen LogP contribution in [-0.2, 0) is 4.79 Å². The number of nitrogens with one attached hydrogen (secondary N) is 1. The summed E-state index contributed by atoms with van der Waals surface area (Å²) in [6.45, 7) is 0.659. The van der Waals surface area contributed by atoms with Crippen molar-refractivity contribution in [3.8, 4) is 17.2 Å². The predicted octanol–water partition coefficient (Wildman–Crippen LogP) is 3.57. The quantitative estimate of drug-likeness (QED) is 0.650. The van der Waals surface area contributed by atoms with Gasteiger partial charge in [0.05, 0.1) is 11.0 Å². The van der Waals surface area contributed by atoms with Gasteiger partial charge in [-0.15, -0.1) is 0 Å². The van der Waals surface area contributed by atoms with Crippen LogP contribution in [0.25, 0.3) is 0 Å². The molecule has 0 aliphatic carbocycles. The largest absolute Gasteiger partial charge is 0.481 e. The van der Waals surface area contributed by atoms with E-state index < -0.39 is 16.8 Å². The van der Waals surface area contributed by atoms with Crippen LogP contribution in [0.3, 0.4) is 0 Å². The maximum Gasteiger partial charge on any atom is 0.272 e. The molecule has 1 N–H and O–H groups in total. The number of hydrogen-bond donors (Lipinski definition) is 1. The molecule has 1 saturated heterocycles. The van der Waals surface area contributed by atoms with Gasteiger partial charge in [0.2, 0.25) is 0 Å². The number of nitro groups is 1. The van der Waals surface area contributed by atoms with Gasteiger partial charge in [0.15, 0.2) is 17.7 Å². The first kappa shape index (κ1) is 17.7. The molecule has 26 heavy (non-hydrogen) atoms. The lowest BCUT2D eigenvalue weighted by Crippen LogP contribution is -2.36. The zero-order chi connectivity index (χ0) is 18.5. The Morgan fingerprint density at radius 2 is 1.85 bits per heavy atom. The number of carbonyl (C=O) groups excluding carboxylic acids is 1. The maximum absolute atomic E-state index is 13.9. The van der Waals surface area contributed by atoms with Crippen LogP contribution in [-0.4, -0.2) is 23.5 Å². The Balaban J connectivity index is 1.66. The van der Waals surface area contributed by atoms with Crippen LogP contribution in [0.1, 0.15) is 19.3 Å². The Morgan fingerprint density at radius 3 is 2.54 bits per heavy atom. The minimum absolute atomic E-state index is 0.118. The summed E-state index contributed by atoms with van der Waals surface area (Å²) in [5.41, 5.74) is -0.347. The lowest BCUT2D eigenvalue weighted by Gasteiger charge is -2.16. The third-order valence-corrected chi connectivity index (χ3v) is 3.94. The third-order valence-electron chi connectivity index (χ3n) is 3.94. The summed E-state index contributed by atoms with van der Waals surface area (Å²) < 4.78 is 25.0. The van der Waals surface area contributed by atoms with E-state index in [-0.39, 0.29) is 17.3 Å². The van der Waals surface area contributed by atoms with Crippen LogP contribution < -0.4 is 14.8 Å². The van der Waals surface area contributed by atoms with Crippen LogP contribution in [0.15, 0.2) is 42.5 Å². The molecular formula is C18H17FN2O5. The summed E-state index contributed by atoms with van der Waals surface area (Å²) in [6.07, 6.45) is 1.96. The standard InChI is InChI=1S/C18H17FN2O5/c19-15-11-12(21(23)24)4-9-16(15)25-13-5-7-14(8-6-13)26-17-3-1-2-10-20-18(17)22/h4-9,11,17H,1-3,10H2,(H,20,22). The summed E-state index contributed by atoms with van der Waals surface area (Å²) in [5.74, 6) is -0.225. The molecule has 1 unspecified atom stereocenters. The summed E-state index contributed by atoms with van der Waals surface area (Å²) in [5, 5.41) is 13.4. The average molecular weight is 360 g/mol. The number of halogens is 1. The first-order valence-electron chi connectivity index (χ1n) is 8.19. The molecule has 1 aliphatic heterocycles. The molecule has 1 fully saturated rings. The SMILES string of the molecule is O=C1NCCCCC1Oc1ccc(Oc2ccc([N+](=O)[O-])cc2F)cc1. The monoisotopic (exact) mass is 360 g/mol. The molecule has 0 aromatic heterocycles. The molecule has 0 spiro atoms. The Bertz CT molecular complexity index is 810. The van der Waals surface area contributed by atoms with E-state index in [4.69, 9.17) is 9.47 Å². The second-order valence-electron chi connectivity index (χ2n) is 5.84. The summed E-state index contributed by atoms with van der Waals surface area (Å²) >= 11 is 0. The van der Waals surface area contributed by atoms with E-state index in [1.165, 1.54) is 12.1 Å². The molecule has 1 atom stereocenters. The Hall–Kier alpha value is -3.16. The first-order valence-corrected chi connectivity index (χ1v) is 8.19. The van der Waals surface area contributed by atoms with Crippen molar-refractivity contribution in [1.82, 2.24) is 5.32 Å². The van der Waals surface area contributed by atoms with E-state index in [9.17, 15) is 19.3 Å². The van der Waals surface area contributed by atoms with E-state index >= 15 is 0 Å². The summed E-state index contributed by atoms with van der Waals surface area (Å²) in [7, 11) is 0. The Morgan fingerprint density at radius 1 is 1.12 bits per heavy atom. The zero-order valence-corrected chi connectivity index (χ0v) is 13.8. The number of non-ortho nitro benzene ring substituents is 1. The molecule has 136 valence electrons. The smallest absolute Gasteiger partial charge is 0.272 e. The van der Waals surface area contributed by atoms with Crippen LogP contribution in [0.2, 0.25) is 0 Å². The molecular weight excluding hydrogens is 343 g/mol. The van der Waals surface area contributed by atoms with Crippen LogP contribution in [0.4, 0.5) is 10.1 Å². The molecule has 0 bridgehead atoms. The lowest BCUT2D eigenvalue weighted by molar-refractivity contribution is -0.385. The molecule has 3 rings (SSSR count). The molecule has 7 nitrogen and oxygen atoms in total. The average Bonchev–Trinajstić information content (AvgIpc) is 2.83. The fourth-order valence-corrected chi connectivity index (χ4v) is 2.59. The van der Waals surface area contributed by atoms with E-state index in [0.717, 1.165) is 18.9 Å². The van der Waals surface area contributed by atoms with Gasteiger partial charge in [0.25, 0.3) is 11.6 Å².